The van der Waals surface area contributed by atoms with Crippen LogP contribution in [-0.2, 0) is 28.2 Å². The van der Waals surface area contributed by atoms with E-state index in [1.807, 2.05) is 68.9 Å². The van der Waals surface area contributed by atoms with E-state index in [1.165, 1.54) is 4.31 Å². The molecular formula is C32H37N5O6S. The summed E-state index contributed by atoms with van der Waals surface area (Å²) in [6.07, 6.45) is 0.729. The van der Waals surface area contributed by atoms with Gasteiger partial charge in [0, 0.05) is 31.1 Å². The second-order valence-electron chi connectivity index (χ2n) is 11.8. The van der Waals surface area contributed by atoms with Crippen LogP contribution in [0.25, 0.3) is 11.0 Å². The molecule has 1 N–H and O–H groups in total. The maximum absolute atomic E-state index is 13.4. The second kappa shape index (κ2) is 11.8. The quantitative estimate of drug-likeness (QED) is 0.343. The minimum Gasteiger partial charge on any atom is -0.492 e. The molecule has 44 heavy (non-hydrogen) atoms. The molecule has 11 nitrogen and oxygen atoms in total. The van der Waals surface area contributed by atoms with Gasteiger partial charge in [-0.25, -0.2) is 4.68 Å². The number of nitrogens with zero attached hydrogens (tertiary/aromatic N) is 5. The van der Waals surface area contributed by atoms with Gasteiger partial charge in [-0.15, -0.1) is 5.10 Å². The van der Waals surface area contributed by atoms with Crippen LogP contribution in [-0.4, -0.2) is 70.4 Å². The number of hydrogen-bond donors (Lipinski definition) is 1. The highest BCUT2D eigenvalue weighted by Crippen LogP contribution is 2.40. The highest BCUT2D eigenvalue weighted by molar-refractivity contribution is 7.84. The van der Waals surface area contributed by atoms with E-state index in [2.05, 4.69) is 15.2 Å². The molecule has 3 atom stereocenters. The van der Waals surface area contributed by atoms with Gasteiger partial charge in [0.15, 0.2) is 0 Å². The normalized spacial score (nSPS) is 22.2. The standard InChI is InChI=1S/C32H37N5O6S/c1-20-6-7-23-17-27(20)22(3)37-19-24-16-25(8-11-30(24)43-44(37,40)41)42-15-14-35(4)12-5-13-36-29-10-9-26(28(23)18-31(38)39)21(2)32(29)33-34-36/h6-11,16-17,22,28H,5,12-15,18-19H2,1-4H3,(H,38,39)/t22-,28-/m1/s1. The first-order valence-electron chi connectivity index (χ1n) is 14.8. The number of aliphatic carboxylic acids is 1. The summed E-state index contributed by atoms with van der Waals surface area (Å²) in [4.78, 5) is 14.3. The molecule has 4 aromatic rings. The van der Waals surface area contributed by atoms with Gasteiger partial charge in [-0.05, 0) is 92.9 Å². The minimum absolute atomic E-state index is 0.115. The lowest BCUT2D eigenvalue weighted by Gasteiger charge is -2.33. The van der Waals surface area contributed by atoms with Crippen LogP contribution in [0.3, 0.4) is 0 Å². The number of rotatable bonds is 2. The number of carboxylic acid groups (broad SMARTS) is 1. The first-order valence-corrected chi connectivity index (χ1v) is 16.2. The summed E-state index contributed by atoms with van der Waals surface area (Å²) in [6.45, 7) is 8.55. The largest absolute Gasteiger partial charge is 0.492 e. The Labute approximate surface area is 257 Å². The monoisotopic (exact) mass is 619 g/mol. The van der Waals surface area contributed by atoms with Gasteiger partial charge >= 0.3 is 16.3 Å². The molecule has 0 radical (unpaired) electrons. The zero-order chi connectivity index (χ0) is 31.2. The molecule has 12 heteroatoms. The molecule has 0 fully saturated rings. The van der Waals surface area contributed by atoms with Gasteiger partial charge in [0.05, 0.1) is 18.0 Å². The Hall–Kier alpha value is -4.00. The third kappa shape index (κ3) is 5.76. The summed E-state index contributed by atoms with van der Waals surface area (Å²) >= 11 is 0. The number of likely N-dealkylation sites (N-methyl/N-ethyl adjacent to an activating group) is 1. The minimum atomic E-state index is -4.10. The lowest BCUT2D eigenvalue weighted by Crippen LogP contribution is -2.39. The molecule has 4 heterocycles. The number of carbonyl (C=O) groups is 1. The van der Waals surface area contributed by atoms with Gasteiger partial charge < -0.3 is 18.9 Å². The molecule has 1 unspecified atom stereocenters. The summed E-state index contributed by atoms with van der Waals surface area (Å²) < 4.78 is 41.6. The maximum Gasteiger partial charge on any atom is 0.386 e. The van der Waals surface area contributed by atoms with Crippen LogP contribution in [0.4, 0.5) is 0 Å². The summed E-state index contributed by atoms with van der Waals surface area (Å²) in [7, 11) is -2.05. The molecule has 0 saturated heterocycles. The zero-order valence-corrected chi connectivity index (χ0v) is 26.2. The molecule has 232 valence electrons. The Balaban J connectivity index is 1.47. The smallest absolute Gasteiger partial charge is 0.386 e. The predicted molar refractivity (Wildman–Crippen MR) is 165 cm³/mol. The average Bonchev–Trinajstić information content (AvgIpc) is 3.39. The van der Waals surface area contributed by atoms with Crippen molar-refractivity contribution in [3.8, 4) is 11.5 Å². The first-order chi connectivity index (χ1) is 21.0. The van der Waals surface area contributed by atoms with E-state index in [0.29, 0.717) is 36.8 Å². The van der Waals surface area contributed by atoms with Gasteiger partial charge in [-0.1, -0.05) is 29.5 Å². The van der Waals surface area contributed by atoms with Crippen LogP contribution in [0, 0.1) is 13.8 Å². The van der Waals surface area contributed by atoms with Crippen LogP contribution < -0.4 is 8.92 Å². The highest BCUT2D eigenvalue weighted by atomic mass is 32.2. The van der Waals surface area contributed by atoms with E-state index in [0.717, 1.165) is 51.8 Å². The molecule has 3 aliphatic rings. The number of benzene rings is 3. The summed E-state index contributed by atoms with van der Waals surface area (Å²) in [5, 5.41) is 18.9. The molecule has 1 aromatic heterocycles. The van der Waals surface area contributed by atoms with Crippen molar-refractivity contribution in [2.24, 2.45) is 0 Å². The van der Waals surface area contributed by atoms with E-state index >= 15 is 0 Å². The third-order valence-electron chi connectivity index (χ3n) is 8.82. The fraction of sp³-hybridized carbons (Fsp3) is 0.406. The zero-order valence-electron chi connectivity index (χ0n) is 25.4. The number of aryl methyl sites for hydroxylation is 3. The fourth-order valence-electron chi connectivity index (χ4n) is 6.30. The lowest BCUT2D eigenvalue weighted by atomic mass is 9.83. The van der Waals surface area contributed by atoms with E-state index in [1.54, 1.807) is 12.1 Å². The third-order valence-corrected chi connectivity index (χ3v) is 10.2. The molecule has 0 amide bonds. The van der Waals surface area contributed by atoms with Gasteiger partial charge in [0.1, 0.15) is 23.6 Å². The van der Waals surface area contributed by atoms with E-state index in [4.69, 9.17) is 8.92 Å². The van der Waals surface area contributed by atoms with Crippen molar-refractivity contribution < 1.29 is 27.2 Å². The summed E-state index contributed by atoms with van der Waals surface area (Å²) in [6, 6.07) is 14.3. The number of hydrogen-bond acceptors (Lipinski definition) is 8. The van der Waals surface area contributed by atoms with Crippen molar-refractivity contribution in [1.82, 2.24) is 24.2 Å². The average molecular weight is 620 g/mol. The Morgan fingerprint density at radius 1 is 1.05 bits per heavy atom. The van der Waals surface area contributed by atoms with Crippen molar-refractivity contribution in [2.45, 2.75) is 58.7 Å². The first kappa shape index (κ1) is 30.0. The molecule has 0 saturated carbocycles. The lowest BCUT2D eigenvalue weighted by molar-refractivity contribution is -0.137. The maximum atomic E-state index is 13.4. The van der Waals surface area contributed by atoms with E-state index < -0.39 is 28.2 Å². The van der Waals surface area contributed by atoms with Crippen LogP contribution >= 0.6 is 0 Å². The van der Waals surface area contributed by atoms with Crippen LogP contribution in [0.5, 0.6) is 11.5 Å². The Morgan fingerprint density at radius 2 is 1.86 bits per heavy atom. The summed E-state index contributed by atoms with van der Waals surface area (Å²) in [5.41, 5.74) is 6.55. The van der Waals surface area contributed by atoms with Crippen molar-refractivity contribution in [2.75, 3.05) is 26.7 Å². The van der Waals surface area contributed by atoms with Gasteiger partial charge in [0.25, 0.3) is 0 Å². The SMILES string of the molecule is Cc1ccc2cc1[C@@H](C)N1Cc3cc(ccc3OS1(=O)=O)OCCN(C)CCCn1nnc3c(C)c(ccc31)[C@@H]2CC(=O)O. The molecular weight excluding hydrogens is 582 g/mol. The second-order valence-corrected chi connectivity index (χ2v) is 13.3. The molecule has 0 aliphatic carbocycles. The molecule has 7 rings (SSSR count). The number of fused-ring (bicyclic) bond motifs is 7. The topological polar surface area (TPSA) is 127 Å². The number of ether oxygens (including phenoxy) is 1. The molecule has 9 bridgehead atoms. The van der Waals surface area contributed by atoms with Crippen LogP contribution in [0.2, 0.25) is 0 Å². The molecule has 3 aliphatic heterocycles. The van der Waals surface area contributed by atoms with Crippen molar-refractivity contribution in [1.29, 1.82) is 0 Å². The summed E-state index contributed by atoms with van der Waals surface area (Å²) in [5.74, 6) is -0.469. The van der Waals surface area contributed by atoms with Crippen molar-refractivity contribution in [3.63, 3.8) is 0 Å². The Bertz CT molecular complexity index is 1840. The van der Waals surface area contributed by atoms with Crippen LogP contribution in [0.15, 0.2) is 48.5 Å². The van der Waals surface area contributed by atoms with Gasteiger partial charge in [0.2, 0.25) is 0 Å². The number of carboxylic acids is 1. The Kier molecular flexibility index (Phi) is 8.08. The number of aromatic nitrogens is 3. The van der Waals surface area contributed by atoms with Gasteiger partial charge in [-0.2, -0.15) is 12.7 Å². The fourth-order valence-corrected chi connectivity index (χ4v) is 7.58. The van der Waals surface area contributed by atoms with E-state index in [9.17, 15) is 18.3 Å². The van der Waals surface area contributed by atoms with Crippen molar-refractivity contribution in [3.05, 3.63) is 81.9 Å². The van der Waals surface area contributed by atoms with Gasteiger partial charge in [-0.3, -0.25) is 4.79 Å². The van der Waals surface area contributed by atoms with Crippen LogP contribution in [0.1, 0.15) is 65.1 Å². The van der Waals surface area contributed by atoms with E-state index in [-0.39, 0.29) is 13.0 Å². The van der Waals surface area contributed by atoms with Crippen molar-refractivity contribution >= 4 is 27.3 Å². The molecule has 3 aromatic carbocycles. The highest BCUT2D eigenvalue weighted by Gasteiger charge is 2.37. The predicted octanol–water partition coefficient (Wildman–Crippen LogP) is 4.57. The molecule has 0 spiro atoms. The Morgan fingerprint density at radius 3 is 2.66 bits per heavy atom.